The first-order valence-corrected chi connectivity index (χ1v) is 5.67. The minimum Gasteiger partial charge on any atom is -0.380 e. The number of halogens is 1. The number of carbonyl (C=O) groups excluding carboxylic acids is 1. The lowest BCUT2D eigenvalue weighted by atomic mass is 10.1. The molecule has 0 aromatic heterocycles. The van der Waals surface area contributed by atoms with Crippen LogP contribution in [0.5, 0.6) is 0 Å². The summed E-state index contributed by atoms with van der Waals surface area (Å²) >= 11 is 0. The number of nitrogens with one attached hydrogen (secondary N) is 1. The Hall–Kier alpha value is -1.10. The first-order chi connectivity index (χ1) is 8.08. The maximum Gasteiger partial charge on any atom is 0.227 e. The number of anilines is 1. The van der Waals surface area contributed by atoms with Gasteiger partial charge in [0.05, 0.1) is 12.5 Å². The number of rotatable bonds is 5. The molecule has 0 aliphatic rings. The normalized spacial score (nSPS) is 11.6. The molecule has 0 saturated heterocycles. The average molecular weight is 273 g/mol. The third kappa shape index (κ3) is 4.64. The molecule has 0 fully saturated rings. The monoisotopic (exact) mass is 272 g/mol. The quantitative estimate of drug-likeness (QED) is 0.862. The van der Waals surface area contributed by atoms with E-state index in [4.69, 9.17) is 10.5 Å². The van der Waals surface area contributed by atoms with Gasteiger partial charge in [-0.15, -0.1) is 12.4 Å². The summed E-state index contributed by atoms with van der Waals surface area (Å²) in [4.78, 5) is 11.8. The summed E-state index contributed by atoms with van der Waals surface area (Å²) in [6, 6.07) is 5.91. The fourth-order valence-corrected chi connectivity index (χ4v) is 1.67. The smallest absolute Gasteiger partial charge is 0.227 e. The molecule has 102 valence electrons. The highest BCUT2D eigenvalue weighted by Gasteiger charge is 2.13. The number of carbonyl (C=O) groups is 1. The summed E-state index contributed by atoms with van der Waals surface area (Å²) in [5, 5.41) is 2.90. The number of ether oxygens (including phenoxy) is 1. The minimum absolute atomic E-state index is 0. The second-order valence-electron chi connectivity index (χ2n) is 4.11. The Bertz CT molecular complexity index is 372. The maximum atomic E-state index is 11.8. The standard InChI is InChI=1S/C13H20N2O2.ClH/c1-9-5-4-6-10(2)13(9)15-12(16)7-11(8-14)17-3;/h4-6,11H,7-8,14H2,1-3H3,(H,15,16);1H. The van der Waals surface area contributed by atoms with E-state index in [1.165, 1.54) is 0 Å². The Balaban J connectivity index is 0.00000289. The van der Waals surface area contributed by atoms with Crippen molar-refractivity contribution in [3.63, 3.8) is 0 Å². The number of aryl methyl sites for hydroxylation is 2. The van der Waals surface area contributed by atoms with E-state index >= 15 is 0 Å². The van der Waals surface area contributed by atoms with Crippen molar-refractivity contribution in [1.82, 2.24) is 0 Å². The van der Waals surface area contributed by atoms with E-state index in [-0.39, 0.29) is 30.8 Å². The van der Waals surface area contributed by atoms with Crippen molar-refractivity contribution < 1.29 is 9.53 Å². The van der Waals surface area contributed by atoms with Gasteiger partial charge in [-0.25, -0.2) is 0 Å². The number of nitrogens with two attached hydrogens (primary N) is 1. The third-order valence-corrected chi connectivity index (χ3v) is 2.75. The van der Waals surface area contributed by atoms with Crippen molar-refractivity contribution in [2.45, 2.75) is 26.4 Å². The van der Waals surface area contributed by atoms with Crippen molar-refractivity contribution >= 4 is 24.0 Å². The Kier molecular flexibility index (Phi) is 7.59. The number of hydrogen-bond acceptors (Lipinski definition) is 3. The zero-order valence-electron chi connectivity index (χ0n) is 11.0. The predicted molar refractivity (Wildman–Crippen MR) is 76.3 cm³/mol. The molecule has 3 N–H and O–H groups in total. The number of para-hydroxylation sites is 1. The van der Waals surface area contributed by atoms with E-state index in [0.717, 1.165) is 16.8 Å². The number of benzene rings is 1. The largest absolute Gasteiger partial charge is 0.380 e. The van der Waals surface area contributed by atoms with Gasteiger partial charge in [0, 0.05) is 19.3 Å². The van der Waals surface area contributed by atoms with E-state index in [2.05, 4.69) is 5.32 Å². The van der Waals surface area contributed by atoms with Crippen LogP contribution < -0.4 is 11.1 Å². The first kappa shape index (κ1) is 16.9. The highest BCUT2D eigenvalue weighted by molar-refractivity contribution is 5.92. The predicted octanol–water partition coefficient (Wildman–Crippen LogP) is 2.03. The molecular weight excluding hydrogens is 252 g/mol. The van der Waals surface area contributed by atoms with Gasteiger partial charge in [0.15, 0.2) is 0 Å². The van der Waals surface area contributed by atoms with E-state index < -0.39 is 0 Å². The number of amides is 1. The topological polar surface area (TPSA) is 64.3 Å². The second-order valence-corrected chi connectivity index (χ2v) is 4.11. The molecule has 1 aromatic carbocycles. The SMILES string of the molecule is COC(CN)CC(=O)Nc1c(C)cccc1C.Cl. The molecule has 0 aliphatic carbocycles. The van der Waals surface area contributed by atoms with Crippen LogP contribution in [0.25, 0.3) is 0 Å². The third-order valence-electron chi connectivity index (χ3n) is 2.75. The van der Waals surface area contributed by atoms with E-state index in [0.29, 0.717) is 6.54 Å². The van der Waals surface area contributed by atoms with Gasteiger partial charge < -0.3 is 15.8 Å². The van der Waals surface area contributed by atoms with Crippen LogP contribution in [0.1, 0.15) is 17.5 Å². The van der Waals surface area contributed by atoms with Crippen molar-refractivity contribution in [2.75, 3.05) is 19.0 Å². The van der Waals surface area contributed by atoms with Crippen LogP contribution in [0.4, 0.5) is 5.69 Å². The molecular formula is C13H21ClN2O2. The Morgan fingerprint density at radius 2 is 1.94 bits per heavy atom. The molecule has 0 spiro atoms. The van der Waals surface area contributed by atoms with Gasteiger partial charge in [0.1, 0.15) is 0 Å². The van der Waals surface area contributed by atoms with Crippen LogP contribution in [0.2, 0.25) is 0 Å². The van der Waals surface area contributed by atoms with Gasteiger partial charge >= 0.3 is 0 Å². The van der Waals surface area contributed by atoms with Gasteiger partial charge in [-0.2, -0.15) is 0 Å². The van der Waals surface area contributed by atoms with Crippen molar-refractivity contribution in [2.24, 2.45) is 5.73 Å². The molecule has 1 rings (SSSR count). The molecule has 0 aliphatic heterocycles. The Labute approximate surface area is 114 Å². The summed E-state index contributed by atoms with van der Waals surface area (Å²) in [6.45, 7) is 4.29. The Morgan fingerprint density at radius 3 is 2.39 bits per heavy atom. The van der Waals surface area contributed by atoms with Crippen molar-refractivity contribution in [3.8, 4) is 0 Å². The van der Waals surface area contributed by atoms with Gasteiger partial charge in [0.2, 0.25) is 5.91 Å². The highest BCUT2D eigenvalue weighted by Crippen LogP contribution is 2.19. The molecule has 0 radical (unpaired) electrons. The summed E-state index contributed by atoms with van der Waals surface area (Å²) in [6.07, 6.45) is 0.0557. The number of hydrogen-bond donors (Lipinski definition) is 2. The molecule has 1 unspecified atom stereocenters. The molecule has 0 heterocycles. The maximum absolute atomic E-state index is 11.8. The Morgan fingerprint density at radius 1 is 1.39 bits per heavy atom. The van der Waals surface area contributed by atoms with Gasteiger partial charge in [-0.05, 0) is 25.0 Å². The summed E-state index contributed by atoms with van der Waals surface area (Å²) < 4.78 is 5.08. The van der Waals surface area contributed by atoms with Crippen LogP contribution in [0.3, 0.4) is 0 Å². The van der Waals surface area contributed by atoms with Crippen LogP contribution in [-0.2, 0) is 9.53 Å². The lowest BCUT2D eigenvalue weighted by molar-refractivity contribution is -0.118. The van der Waals surface area contributed by atoms with Gasteiger partial charge in [-0.3, -0.25) is 4.79 Å². The van der Waals surface area contributed by atoms with Crippen LogP contribution in [-0.4, -0.2) is 25.7 Å². The fourth-order valence-electron chi connectivity index (χ4n) is 1.67. The lowest BCUT2D eigenvalue weighted by Crippen LogP contribution is -2.28. The summed E-state index contributed by atoms with van der Waals surface area (Å²) in [5.41, 5.74) is 8.47. The summed E-state index contributed by atoms with van der Waals surface area (Å²) in [7, 11) is 1.56. The molecule has 4 nitrogen and oxygen atoms in total. The highest BCUT2D eigenvalue weighted by atomic mass is 35.5. The molecule has 5 heteroatoms. The zero-order valence-corrected chi connectivity index (χ0v) is 11.8. The van der Waals surface area contributed by atoms with Crippen molar-refractivity contribution in [3.05, 3.63) is 29.3 Å². The fraction of sp³-hybridized carbons (Fsp3) is 0.462. The van der Waals surface area contributed by atoms with Crippen molar-refractivity contribution in [1.29, 1.82) is 0 Å². The van der Waals surface area contributed by atoms with E-state index in [1.807, 2.05) is 32.0 Å². The number of methoxy groups -OCH3 is 1. The van der Waals surface area contributed by atoms with Crippen LogP contribution in [0, 0.1) is 13.8 Å². The lowest BCUT2D eigenvalue weighted by Gasteiger charge is -2.15. The first-order valence-electron chi connectivity index (χ1n) is 5.67. The molecule has 1 aromatic rings. The second kappa shape index (κ2) is 8.08. The molecule has 18 heavy (non-hydrogen) atoms. The zero-order chi connectivity index (χ0) is 12.8. The van der Waals surface area contributed by atoms with Gasteiger partial charge in [0.25, 0.3) is 0 Å². The molecule has 1 atom stereocenters. The molecule has 1 amide bonds. The van der Waals surface area contributed by atoms with E-state index in [1.54, 1.807) is 7.11 Å². The molecule has 0 saturated carbocycles. The van der Waals surface area contributed by atoms with E-state index in [9.17, 15) is 4.79 Å². The summed E-state index contributed by atoms with van der Waals surface area (Å²) in [5.74, 6) is -0.0697. The minimum atomic E-state index is -0.223. The molecule has 0 bridgehead atoms. The van der Waals surface area contributed by atoms with Crippen LogP contribution in [0.15, 0.2) is 18.2 Å². The van der Waals surface area contributed by atoms with Crippen LogP contribution >= 0.6 is 12.4 Å². The average Bonchev–Trinajstić information content (AvgIpc) is 2.31. The van der Waals surface area contributed by atoms with Gasteiger partial charge in [-0.1, -0.05) is 18.2 Å².